The maximum Gasteiger partial charge on any atom is 0.257 e. The Labute approximate surface area is 143 Å². The molecule has 0 aliphatic carbocycles. The Morgan fingerprint density at radius 2 is 2.04 bits per heavy atom. The topological polar surface area (TPSA) is 41.6 Å². The summed E-state index contributed by atoms with van der Waals surface area (Å²) in [5, 5.41) is 5.29. The van der Waals surface area contributed by atoms with E-state index in [1.807, 2.05) is 36.4 Å². The third-order valence-electron chi connectivity index (χ3n) is 4.73. The van der Waals surface area contributed by atoms with Crippen molar-refractivity contribution in [3.05, 3.63) is 42.5 Å². The summed E-state index contributed by atoms with van der Waals surface area (Å²) < 4.78 is 5.63. The molecule has 0 bridgehead atoms. The number of fused-ring (bicyclic) bond motifs is 1. The van der Waals surface area contributed by atoms with Crippen molar-refractivity contribution in [2.24, 2.45) is 5.92 Å². The molecule has 0 spiro atoms. The van der Waals surface area contributed by atoms with E-state index < -0.39 is 0 Å². The predicted octanol–water partition coefficient (Wildman–Crippen LogP) is 3.07. The van der Waals surface area contributed by atoms with Crippen molar-refractivity contribution in [1.29, 1.82) is 0 Å². The Bertz CT molecular complexity index is 699. The number of amides is 1. The maximum absolute atomic E-state index is 12.0. The molecule has 4 heteroatoms. The molecule has 1 unspecified atom stereocenters. The Kier molecular flexibility index (Phi) is 5.36. The fourth-order valence-corrected chi connectivity index (χ4v) is 3.21. The van der Waals surface area contributed by atoms with Gasteiger partial charge in [-0.15, -0.1) is 0 Å². The van der Waals surface area contributed by atoms with Crippen LogP contribution in [0.2, 0.25) is 0 Å². The van der Waals surface area contributed by atoms with Crippen LogP contribution in [0.5, 0.6) is 5.75 Å². The van der Waals surface area contributed by atoms with Crippen LogP contribution >= 0.6 is 0 Å². The number of hydrogen-bond acceptors (Lipinski definition) is 3. The average molecular weight is 326 g/mol. The third-order valence-corrected chi connectivity index (χ3v) is 4.73. The van der Waals surface area contributed by atoms with Gasteiger partial charge in [-0.3, -0.25) is 4.79 Å². The van der Waals surface area contributed by atoms with Gasteiger partial charge in [-0.25, -0.2) is 0 Å². The second-order valence-electron chi connectivity index (χ2n) is 6.85. The maximum atomic E-state index is 12.0. The Morgan fingerprint density at radius 3 is 2.79 bits per heavy atom. The molecule has 1 aliphatic heterocycles. The summed E-state index contributed by atoms with van der Waals surface area (Å²) in [5.41, 5.74) is 0. The number of hydrogen-bond donors (Lipinski definition) is 1. The van der Waals surface area contributed by atoms with Gasteiger partial charge in [-0.1, -0.05) is 30.3 Å². The van der Waals surface area contributed by atoms with Gasteiger partial charge in [0.25, 0.3) is 5.91 Å². The van der Waals surface area contributed by atoms with Crippen LogP contribution in [0, 0.1) is 5.92 Å². The summed E-state index contributed by atoms with van der Waals surface area (Å²) in [4.78, 5) is 14.5. The molecule has 1 N–H and O–H groups in total. The molecule has 1 fully saturated rings. The van der Waals surface area contributed by atoms with Crippen LogP contribution in [0.4, 0.5) is 0 Å². The molecule has 1 saturated heterocycles. The van der Waals surface area contributed by atoms with E-state index in [9.17, 15) is 4.79 Å². The highest BCUT2D eigenvalue weighted by Crippen LogP contribution is 2.20. The highest BCUT2D eigenvalue weighted by Gasteiger charge is 2.24. The number of nitrogens with zero attached hydrogens (tertiary/aromatic N) is 1. The monoisotopic (exact) mass is 326 g/mol. The first kappa shape index (κ1) is 16.8. The molecule has 128 valence electrons. The molecular weight excluding hydrogens is 300 g/mol. The van der Waals surface area contributed by atoms with E-state index in [2.05, 4.69) is 30.1 Å². The summed E-state index contributed by atoms with van der Waals surface area (Å²) in [6.45, 7) is 7.45. The first-order valence-electron chi connectivity index (χ1n) is 8.74. The lowest BCUT2D eigenvalue weighted by Gasteiger charge is -2.20. The van der Waals surface area contributed by atoms with Gasteiger partial charge in [0.2, 0.25) is 0 Å². The molecule has 0 saturated carbocycles. The summed E-state index contributed by atoms with van der Waals surface area (Å²) in [7, 11) is 0. The lowest BCUT2D eigenvalue weighted by atomic mass is 10.1. The number of ether oxygens (including phenoxy) is 1. The predicted molar refractivity (Wildman–Crippen MR) is 97.3 cm³/mol. The number of carbonyl (C=O) groups is 1. The van der Waals surface area contributed by atoms with Gasteiger partial charge in [0, 0.05) is 19.1 Å². The Morgan fingerprint density at radius 1 is 1.25 bits per heavy atom. The number of rotatable bonds is 6. The molecule has 1 heterocycles. The molecule has 24 heavy (non-hydrogen) atoms. The molecule has 0 aromatic heterocycles. The Hall–Kier alpha value is -2.07. The quantitative estimate of drug-likeness (QED) is 0.887. The molecule has 4 nitrogen and oxygen atoms in total. The lowest BCUT2D eigenvalue weighted by molar-refractivity contribution is -0.123. The summed E-state index contributed by atoms with van der Waals surface area (Å²) >= 11 is 0. The van der Waals surface area contributed by atoms with Crippen LogP contribution in [0.1, 0.15) is 20.3 Å². The number of likely N-dealkylation sites (tertiary alicyclic amines) is 1. The highest BCUT2D eigenvalue weighted by molar-refractivity contribution is 5.84. The molecule has 0 radical (unpaired) electrons. The normalized spacial score (nSPS) is 18.2. The second-order valence-corrected chi connectivity index (χ2v) is 6.85. The molecule has 2 aromatic rings. The highest BCUT2D eigenvalue weighted by atomic mass is 16.5. The largest absolute Gasteiger partial charge is 0.484 e. The van der Waals surface area contributed by atoms with E-state index in [1.165, 1.54) is 5.39 Å². The van der Waals surface area contributed by atoms with E-state index in [-0.39, 0.29) is 12.5 Å². The summed E-state index contributed by atoms with van der Waals surface area (Å²) in [6, 6.07) is 14.6. The number of nitrogens with one attached hydrogen (secondary N) is 1. The van der Waals surface area contributed by atoms with E-state index in [0.29, 0.717) is 12.0 Å². The van der Waals surface area contributed by atoms with Crippen molar-refractivity contribution in [3.8, 4) is 5.75 Å². The molecule has 1 atom stereocenters. The van der Waals surface area contributed by atoms with Crippen LogP contribution in [-0.2, 0) is 4.79 Å². The second kappa shape index (κ2) is 7.67. The van der Waals surface area contributed by atoms with Crippen LogP contribution in [0.25, 0.3) is 10.8 Å². The van der Waals surface area contributed by atoms with Crippen LogP contribution in [0.15, 0.2) is 42.5 Å². The van der Waals surface area contributed by atoms with Gasteiger partial charge in [-0.05, 0) is 55.6 Å². The molecule has 2 aromatic carbocycles. The van der Waals surface area contributed by atoms with E-state index in [0.717, 1.165) is 37.2 Å². The minimum atomic E-state index is -0.0499. The van der Waals surface area contributed by atoms with Crippen LogP contribution in [0.3, 0.4) is 0 Å². The minimum Gasteiger partial charge on any atom is -0.484 e. The zero-order valence-corrected chi connectivity index (χ0v) is 14.5. The summed E-state index contributed by atoms with van der Waals surface area (Å²) in [6.07, 6.45) is 1.16. The average Bonchev–Trinajstić information content (AvgIpc) is 3.07. The van der Waals surface area contributed by atoms with Gasteiger partial charge in [0.15, 0.2) is 6.61 Å². The number of benzene rings is 2. The zero-order chi connectivity index (χ0) is 16.9. The van der Waals surface area contributed by atoms with Gasteiger partial charge in [0.1, 0.15) is 5.75 Å². The molecule has 1 amide bonds. The van der Waals surface area contributed by atoms with E-state index in [4.69, 9.17) is 4.74 Å². The minimum absolute atomic E-state index is 0.0499. The van der Waals surface area contributed by atoms with E-state index >= 15 is 0 Å². The van der Waals surface area contributed by atoms with Gasteiger partial charge in [0.05, 0.1) is 0 Å². The van der Waals surface area contributed by atoms with Crippen molar-refractivity contribution in [1.82, 2.24) is 10.2 Å². The van der Waals surface area contributed by atoms with Gasteiger partial charge < -0.3 is 15.0 Å². The van der Waals surface area contributed by atoms with Gasteiger partial charge >= 0.3 is 0 Å². The smallest absolute Gasteiger partial charge is 0.257 e. The van der Waals surface area contributed by atoms with Crippen molar-refractivity contribution < 1.29 is 9.53 Å². The van der Waals surface area contributed by atoms with Crippen LogP contribution in [-0.4, -0.2) is 43.1 Å². The SMILES string of the molecule is CC(C)N1CCC(CNC(=O)COc2ccc3ccccc3c2)C1. The van der Waals surface area contributed by atoms with Crippen molar-refractivity contribution in [2.75, 3.05) is 26.2 Å². The fraction of sp³-hybridized carbons (Fsp3) is 0.450. The molecule has 1 aliphatic rings. The molecule has 3 rings (SSSR count). The standard InChI is InChI=1S/C20H26N2O2/c1-15(2)22-10-9-16(13-22)12-21-20(23)14-24-19-8-7-17-5-3-4-6-18(17)11-19/h3-8,11,15-16H,9-10,12-14H2,1-2H3,(H,21,23). The summed E-state index contributed by atoms with van der Waals surface area (Å²) in [5.74, 6) is 1.24. The first-order chi connectivity index (χ1) is 11.6. The first-order valence-corrected chi connectivity index (χ1v) is 8.74. The molecular formula is C20H26N2O2. The Balaban J connectivity index is 1.43. The third kappa shape index (κ3) is 4.26. The van der Waals surface area contributed by atoms with Crippen molar-refractivity contribution in [3.63, 3.8) is 0 Å². The van der Waals surface area contributed by atoms with Crippen molar-refractivity contribution in [2.45, 2.75) is 26.3 Å². The zero-order valence-electron chi connectivity index (χ0n) is 14.5. The van der Waals surface area contributed by atoms with E-state index in [1.54, 1.807) is 0 Å². The van der Waals surface area contributed by atoms with Gasteiger partial charge in [-0.2, -0.15) is 0 Å². The number of carbonyl (C=O) groups excluding carboxylic acids is 1. The van der Waals surface area contributed by atoms with Crippen LogP contribution < -0.4 is 10.1 Å². The lowest BCUT2D eigenvalue weighted by Crippen LogP contribution is -2.35. The fourth-order valence-electron chi connectivity index (χ4n) is 3.21. The van der Waals surface area contributed by atoms with Crippen molar-refractivity contribution >= 4 is 16.7 Å².